The van der Waals surface area contributed by atoms with E-state index >= 15 is 0 Å². The van der Waals surface area contributed by atoms with Crippen LogP contribution in [0.3, 0.4) is 0 Å². The number of fused-ring (bicyclic) bond motifs is 2. The van der Waals surface area contributed by atoms with E-state index in [0.29, 0.717) is 28.0 Å². The summed E-state index contributed by atoms with van der Waals surface area (Å²) in [5.41, 5.74) is 8.40. The standard InChI is InChI=1S/C40H34F3N7O7S/c1-22-13-26(57-34-10-6-5-9-28(34)41)11-12-31(22)50-38(44)27(18-45-50)37(51)30-14-24-15-35(56-20-36(42)43)32(17-29(24)46-30)49-39(52)33-16-25(19-48(33)40(49)53)47-58(54,55)21-23-7-3-2-4-8-23/h2-15,17-18,25,33,36,46-47H,16,19-21,44H2,1H3/t25-,33-/m0/s1. The van der Waals surface area contributed by atoms with Gasteiger partial charge in [0.15, 0.2) is 11.6 Å². The van der Waals surface area contributed by atoms with Gasteiger partial charge in [-0.3, -0.25) is 9.59 Å². The highest BCUT2D eigenvalue weighted by molar-refractivity contribution is 7.88. The Morgan fingerprint density at radius 2 is 1.76 bits per heavy atom. The number of ketones is 1. The van der Waals surface area contributed by atoms with Gasteiger partial charge in [-0.05, 0) is 73.0 Å². The zero-order chi connectivity index (χ0) is 40.9. The monoisotopic (exact) mass is 813 g/mol. The number of nitrogens with zero attached hydrogens (tertiary/aromatic N) is 4. The van der Waals surface area contributed by atoms with Gasteiger partial charge in [0, 0.05) is 23.5 Å². The number of ether oxygens (including phenoxy) is 2. The van der Waals surface area contributed by atoms with E-state index in [2.05, 4.69) is 14.8 Å². The molecule has 6 aromatic rings. The predicted molar refractivity (Wildman–Crippen MR) is 206 cm³/mol. The molecule has 8 rings (SSSR count). The molecule has 0 saturated carbocycles. The van der Waals surface area contributed by atoms with Gasteiger partial charge in [-0.25, -0.2) is 40.7 Å². The number of sulfonamides is 1. The number of carbonyl (C=O) groups excluding carboxylic acids is 3. The topological polar surface area (TPSA) is 182 Å². The van der Waals surface area contributed by atoms with Gasteiger partial charge < -0.3 is 25.1 Å². The summed E-state index contributed by atoms with van der Waals surface area (Å²) in [6, 6.07) is 21.0. The predicted octanol–water partition coefficient (Wildman–Crippen LogP) is 6.08. The number of nitrogen functional groups attached to an aromatic ring is 1. The molecule has 4 N–H and O–H groups in total. The first-order valence-corrected chi connectivity index (χ1v) is 19.6. The van der Waals surface area contributed by atoms with Crippen molar-refractivity contribution in [1.82, 2.24) is 24.4 Å². The van der Waals surface area contributed by atoms with Gasteiger partial charge in [-0.15, -0.1) is 0 Å². The number of aromatic amines is 1. The molecule has 0 radical (unpaired) electrons. The average molecular weight is 814 g/mol. The number of hydrogen-bond acceptors (Lipinski definition) is 9. The van der Waals surface area contributed by atoms with Gasteiger partial charge >= 0.3 is 6.03 Å². The fourth-order valence-corrected chi connectivity index (χ4v) is 8.61. The first-order valence-electron chi connectivity index (χ1n) is 17.9. The third-order valence-electron chi connectivity index (χ3n) is 9.85. The van der Waals surface area contributed by atoms with Gasteiger partial charge in [0.1, 0.15) is 30.0 Å². The summed E-state index contributed by atoms with van der Waals surface area (Å²) in [7, 11) is -3.82. The molecule has 0 bridgehead atoms. The van der Waals surface area contributed by atoms with E-state index in [0.717, 1.165) is 4.90 Å². The maximum absolute atomic E-state index is 14.1. The molecule has 4 aromatic carbocycles. The summed E-state index contributed by atoms with van der Waals surface area (Å²) in [6.07, 6.45) is -1.60. The minimum Gasteiger partial charge on any atom is -0.485 e. The number of imide groups is 1. The lowest BCUT2D eigenvalue weighted by Gasteiger charge is -2.21. The Labute approximate surface area is 329 Å². The van der Waals surface area contributed by atoms with Crippen molar-refractivity contribution < 1.29 is 45.4 Å². The van der Waals surface area contributed by atoms with Crippen LogP contribution in [-0.4, -0.2) is 77.5 Å². The van der Waals surface area contributed by atoms with Crippen LogP contribution in [0.1, 0.15) is 33.6 Å². The molecule has 18 heteroatoms. The van der Waals surface area contributed by atoms with Gasteiger partial charge in [0.2, 0.25) is 15.8 Å². The number of alkyl halides is 2. The number of urea groups is 1. The molecule has 0 aliphatic carbocycles. The molecular weight excluding hydrogens is 780 g/mol. The molecule has 0 spiro atoms. The Kier molecular flexibility index (Phi) is 9.90. The van der Waals surface area contributed by atoms with Gasteiger partial charge in [-0.1, -0.05) is 42.5 Å². The number of halogens is 3. The van der Waals surface area contributed by atoms with Crippen LogP contribution in [0.15, 0.2) is 97.2 Å². The van der Waals surface area contributed by atoms with E-state index in [-0.39, 0.29) is 58.5 Å². The molecule has 4 heterocycles. The fraction of sp³-hybridized carbons (Fsp3) is 0.200. The number of anilines is 2. The van der Waals surface area contributed by atoms with Crippen LogP contribution >= 0.6 is 0 Å². The van der Waals surface area contributed by atoms with Crippen LogP contribution in [0.4, 0.5) is 29.5 Å². The second-order valence-electron chi connectivity index (χ2n) is 13.9. The molecule has 2 atom stereocenters. The smallest absolute Gasteiger partial charge is 0.332 e. The van der Waals surface area contributed by atoms with E-state index < -0.39 is 58.7 Å². The third kappa shape index (κ3) is 7.34. The van der Waals surface area contributed by atoms with Crippen molar-refractivity contribution in [2.24, 2.45) is 0 Å². The number of hydrogen-bond donors (Lipinski definition) is 3. The summed E-state index contributed by atoms with van der Waals surface area (Å²) >= 11 is 0. The molecule has 2 saturated heterocycles. The van der Waals surface area contributed by atoms with Crippen LogP contribution < -0.4 is 24.8 Å². The highest BCUT2D eigenvalue weighted by Crippen LogP contribution is 2.40. The molecule has 2 fully saturated rings. The molecule has 3 amide bonds. The summed E-state index contributed by atoms with van der Waals surface area (Å²) in [5, 5.41) is 4.67. The maximum Gasteiger partial charge on any atom is 0.332 e. The van der Waals surface area contributed by atoms with Gasteiger partial charge in [0.05, 0.1) is 34.6 Å². The van der Waals surface area contributed by atoms with E-state index in [1.807, 2.05) is 0 Å². The fourth-order valence-electron chi connectivity index (χ4n) is 7.22. The second kappa shape index (κ2) is 15.0. The average Bonchev–Trinajstić information content (AvgIpc) is 3.94. The van der Waals surface area contributed by atoms with Crippen molar-refractivity contribution >= 4 is 50.2 Å². The van der Waals surface area contributed by atoms with Crippen LogP contribution in [-0.2, 0) is 20.6 Å². The molecule has 298 valence electrons. The Morgan fingerprint density at radius 1 is 1.00 bits per heavy atom. The van der Waals surface area contributed by atoms with Gasteiger partial charge in [-0.2, -0.15) is 5.10 Å². The number of amides is 3. The largest absolute Gasteiger partial charge is 0.485 e. The van der Waals surface area contributed by atoms with E-state index in [4.69, 9.17) is 15.2 Å². The summed E-state index contributed by atoms with van der Waals surface area (Å²) < 4.78 is 81.7. The number of benzene rings is 4. The number of aromatic nitrogens is 3. The Balaban J connectivity index is 1.03. The Hall–Kier alpha value is -6.66. The van der Waals surface area contributed by atoms with E-state index in [1.54, 1.807) is 67.6 Å². The number of carbonyl (C=O) groups is 3. The van der Waals surface area contributed by atoms with Crippen molar-refractivity contribution in [3.05, 3.63) is 125 Å². The zero-order valence-electron chi connectivity index (χ0n) is 30.6. The number of para-hydroxylation sites is 1. The van der Waals surface area contributed by atoms with Crippen LogP contribution in [0.5, 0.6) is 17.2 Å². The number of rotatable bonds is 13. The minimum atomic E-state index is -3.82. The summed E-state index contributed by atoms with van der Waals surface area (Å²) in [5.74, 6) is -1.85. The SMILES string of the molecule is Cc1cc(Oc2ccccc2F)ccc1-n1ncc(C(=O)c2cc3cc(OCC(F)F)c(N4C(=O)[C@@H]5C[C@H](NS(=O)(=O)Cc6ccccc6)CN5C4=O)cc3[nH]2)c1N. The number of nitrogens with two attached hydrogens (primary N) is 1. The number of nitrogens with one attached hydrogen (secondary N) is 2. The first-order chi connectivity index (χ1) is 27.8. The van der Waals surface area contributed by atoms with Crippen molar-refractivity contribution in [3.8, 4) is 22.9 Å². The summed E-state index contributed by atoms with van der Waals surface area (Å²) in [4.78, 5) is 46.4. The van der Waals surface area contributed by atoms with Crippen molar-refractivity contribution in [3.63, 3.8) is 0 Å². The minimum absolute atomic E-state index is 0.00526. The molecule has 2 aliphatic rings. The highest BCUT2D eigenvalue weighted by atomic mass is 32.2. The quantitative estimate of drug-likeness (QED) is 0.0920. The van der Waals surface area contributed by atoms with Crippen LogP contribution in [0.25, 0.3) is 16.6 Å². The normalized spacial score (nSPS) is 16.8. The highest BCUT2D eigenvalue weighted by Gasteiger charge is 2.52. The van der Waals surface area contributed by atoms with Crippen LogP contribution in [0.2, 0.25) is 0 Å². The van der Waals surface area contributed by atoms with E-state index in [9.17, 15) is 36.0 Å². The van der Waals surface area contributed by atoms with E-state index in [1.165, 1.54) is 46.1 Å². The van der Waals surface area contributed by atoms with Crippen LogP contribution in [0, 0.1) is 12.7 Å². The molecule has 2 aromatic heterocycles. The Bertz CT molecular complexity index is 2680. The lowest BCUT2D eigenvalue weighted by molar-refractivity contribution is -0.119. The van der Waals surface area contributed by atoms with Gasteiger partial charge in [0.25, 0.3) is 12.3 Å². The number of aryl methyl sites for hydroxylation is 1. The van der Waals surface area contributed by atoms with Crippen molar-refractivity contribution in [1.29, 1.82) is 0 Å². The van der Waals surface area contributed by atoms with Crippen molar-refractivity contribution in [2.45, 2.75) is 37.6 Å². The molecule has 0 unspecified atom stereocenters. The molecular formula is C40H34F3N7O7S. The molecule has 14 nitrogen and oxygen atoms in total. The number of H-pyrrole nitrogens is 1. The lowest BCUT2D eigenvalue weighted by atomic mass is 10.1. The molecule has 58 heavy (non-hydrogen) atoms. The lowest BCUT2D eigenvalue weighted by Crippen LogP contribution is -2.41. The van der Waals surface area contributed by atoms with Crippen molar-refractivity contribution in [2.75, 3.05) is 23.8 Å². The molecule has 2 aliphatic heterocycles. The zero-order valence-corrected chi connectivity index (χ0v) is 31.4. The first kappa shape index (κ1) is 38.2. The maximum atomic E-state index is 14.1. The third-order valence-corrected chi connectivity index (χ3v) is 11.3. The Morgan fingerprint density at radius 3 is 2.48 bits per heavy atom. The summed E-state index contributed by atoms with van der Waals surface area (Å²) in [6.45, 7) is 0.618. The second-order valence-corrected chi connectivity index (χ2v) is 15.6.